The first kappa shape index (κ1) is 20.5. The van der Waals surface area contributed by atoms with Gasteiger partial charge in [0.25, 0.3) is 10.2 Å². The molecule has 156 valence electrons. The number of halogens is 1. The van der Waals surface area contributed by atoms with Crippen LogP contribution in [0.4, 0.5) is 5.95 Å². The van der Waals surface area contributed by atoms with E-state index in [2.05, 4.69) is 4.98 Å². The maximum atomic E-state index is 13.3. The molecule has 9 heteroatoms. The fourth-order valence-corrected chi connectivity index (χ4v) is 6.09. The summed E-state index contributed by atoms with van der Waals surface area (Å²) in [6, 6.07) is 7.21. The van der Waals surface area contributed by atoms with Crippen molar-refractivity contribution in [1.82, 2.24) is 18.6 Å². The third kappa shape index (κ3) is 3.99. The monoisotopic (exact) mass is 435 g/mol. The average molecular weight is 436 g/mol. The zero-order chi connectivity index (χ0) is 20.6. The van der Waals surface area contributed by atoms with Gasteiger partial charge in [-0.15, -0.1) is 0 Å². The van der Waals surface area contributed by atoms with Crippen LogP contribution in [0.3, 0.4) is 0 Å². The normalized spacial score (nSPS) is 21.0. The Morgan fingerprint density at radius 3 is 2.41 bits per heavy atom. The Labute approximate surface area is 177 Å². The van der Waals surface area contributed by atoms with E-state index in [0.717, 1.165) is 42.5 Å². The first-order chi connectivity index (χ1) is 13.9. The quantitative estimate of drug-likeness (QED) is 0.720. The molecule has 0 saturated carbocycles. The van der Waals surface area contributed by atoms with Crippen LogP contribution in [0, 0.1) is 0 Å². The fraction of sp³-hybridized carbons (Fsp3) is 0.500. The SMILES string of the molecule is CN(C)c1ncc(-c2ccc(Cl)cc2)c(C2CCCN2S(=O)(=O)N2CCCC2)n1. The Balaban J connectivity index is 1.79. The molecule has 1 atom stereocenters. The first-order valence-corrected chi connectivity index (χ1v) is 11.7. The van der Waals surface area contributed by atoms with E-state index in [0.29, 0.717) is 30.6 Å². The molecule has 0 N–H and O–H groups in total. The standard InChI is InChI=1S/C20H26ClN5O2S/c1-24(2)20-22-14-17(15-7-9-16(21)10-8-15)19(23-20)18-6-5-13-26(18)29(27,28)25-11-3-4-12-25/h7-10,14,18H,3-6,11-13H2,1-2H3. The Hall–Kier alpha value is -1.74. The fourth-order valence-electron chi connectivity index (χ4n) is 4.06. The third-order valence-corrected chi connectivity index (χ3v) is 7.87. The summed E-state index contributed by atoms with van der Waals surface area (Å²) in [7, 11) is 0.264. The highest BCUT2D eigenvalue weighted by Crippen LogP contribution is 2.40. The van der Waals surface area contributed by atoms with Crippen LogP contribution in [0.1, 0.15) is 37.4 Å². The molecule has 2 aromatic rings. The highest BCUT2D eigenvalue weighted by Gasteiger charge is 2.41. The summed E-state index contributed by atoms with van der Waals surface area (Å²) < 4.78 is 29.9. The van der Waals surface area contributed by atoms with E-state index in [1.807, 2.05) is 43.3 Å². The van der Waals surface area contributed by atoms with Crippen LogP contribution in [0.5, 0.6) is 0 Å². The Bertz CT molecular complexity index is 975. The molecule has 1 aromatic carbocycles. The van der Waals surface area contributed by atoms with Gasteiger partial charge in [0.05, 0.1) is 11.7 Å². The van der Waals surface area contributed by atoms with Crippen molar-refractivity contribution in [3.63, 3.8) is 0 Å². The van der Waals surface area contributed by atoms with Crippen LogP contribution < -0.4 is 4.90 Å². The van der Waals surface area contributed by atoms with Gasteiger partial charge in [-0.2, -0.15) is 17.0 Å². The Morgan fingerprint density at radius 1 is 1.07 bits per heavy atom. The van der Waals surface area contributed by atoms with Gasteiger partial charge in [-0.05, 0) is 43.4 Å². The lowest BCUT2D eigenvalue weighted by Gasteiger charge is -2.29. The molecule has 2 fully saturated rings. The summed E-state index contributed by atoms with van der Waals surface area (Å²) in [5.41, 5.74) is 2.53. The maximum Gasteiger partial charge on any atom is 0.282 e. The maximum absolute atomic E-state index is 13.3. The van der Waals surface area contributed by atoms with Gasteiger partial charge in [0.2, 0.25) is 5.95 Å². The molecule has 0 aliphatic carbocycles. The van der Waals surface area contributed by atoms with E-state index in [1.54, 1.807) is 14.8 Å². The van der Waals surface area contributed by atoms with E-state index in [4.69, 9.17) is 16.6 Å². The van der Waals surface area contributed by atoms with Crippen molar-refractivity contribution >= 4 is 27.8 Å². The molecule has 3 heterocycles. The first-order valence-electron chi connectivity index (χ1n) is 9.95. The molecule has 0 spiro atoms. The van der Waals surface area contributed by atoms with E-state index in [1.165, 1.54) is 0 Å². The minimum Gasteiger partial charge on any atom is -0.347 e. The highest BCUT2D eigenvalue weighted by molar-refractivity contribution is 7.86. The molecule has 29 heavy (non-hydrogen) atoms. The van der Waals surface area contributed by atoms with Gasteiger partial charge >= 0.3 is 0 Å². The molecule has 0 radical (unpaired) electrons. The average Bonchev–Trinajstić information content (AvgIpc) is 3.41. The number of nitrogens with zero attached hydrogens (tertiary/aromatic N) is 5. The second-order valence-corrected chi connectivity index (χ2v) is 10.1. The predicted octanol–water partition coefficient (Wildman–Crippen LogP) is 3.34. The number of hydrogen-bond donors (Lipinski definition) is 0. The zero-order valence-electron chi connectivity index (χ0n) is 16.8. The Kier molecular flexibility index (Phi) is 5.79. The second-order valence-electron chi connectivity index (χ2n) is 7.75. The van der Waals surface area contributed by atoms with Gasteiger partial charge in [-0.25, -0.2) is 9.97 Å². The van der Waals surface area contributed by atoms with Crippen LogP contribution in [0.15, 0.2) is 30.5 Å². The minimum absolute atomic E-state index is 0.298. The van der Waals surface area contributed by atoms with Crippen LogP contribution in [0.2, 0.25) is 5.02 Å². The molecular formula is C20H26ClN5O2S. The van der Waals surface area contributed by atoms with Gasteiger partial charge in [0.1, 0.15) is 0 Å². The van der Waals surface area contributed by atoms with Gasteiger partial charge in [-0.1, -0.05) is 23.7 Å². The van der Waals surface area contributed by atoms with Gasteiger partial charge in [-0.3, -0.25) is 0 Å². The molecule has 1 unspecified atom stereocenters. The van der Waals surface area contributed by atoms with Gasteiger partial charge in [0, 0.05) is 50.5 Å². The molecule has 0 amide bonds. The van der Waals surface area contributed by atoms with Crippen molar-refractivity contribution in [1.29, 1.82) is 0 Å². The lowest BCUT2D eigenvalue weighted by atomic mass is 10.0. The summed E-state index contributed by atoms with van der Waals surface area (Å²) in [5, 5.41) is 0.653. The van der Waals surface area contributed by atoms with Crippen molar-refractivity contribution in [2.45, 2.75) is 31.7 Å². The van der Waals surface area contributed by atoms with Gasteiger partial charge in [0.15, 0.2) is 0 Å². The lowest BCUT2D eigenvalue weighted by Crippen LogP contribution is -2.42. The van der Waals surface area contributed by atoms with E-state index < -0.39 is 10.2 Å². The second kappa shape index (κ2) is 8.18. The molecule has 0 bridgehead atoms. The summed E-state index contributed by atoms with van der Waals surface area (Å²) >= 11 is 6.06. The molecule has 2 aliphatic heterocycles. The summed E-state index contributed by atoms with van der Waals surface area (Å²) in [4.78, 5) is 11.1. The number of anilines is 1. The van der Waals surface area contributed by atoms with E-state index in [9.17, 15) is 8.42 Å². The largest absolute Gasteiger partial charge is 0.347 e. The number of benzene rings is 1. The van der Waals surface area contributed by atoms with Gasteiger partial charge < -0.3 is 4.90 Å². The number of rotatable bonds is 5. The molecular weight excluding hydrogens is 410 g/mol. The highest BCUT2D eigenvalue weighted by atomic mass is 35.5. The Morgan fingerprint density at radius 2 is 1.76 bits per heavy atom. The molecule has 7 nitrogen and oxygen atoms in total. The topological polar surface area (TPSA) is 69.6 Å². The van der Waals surface area contributed by atoms with Crippen molar-refractivity contribution in [3.05, 3.63) is 41.2 Å². The zero-order valence-corrected chi connectivity index (χ0v) is 18.3. The van der Waals surface area contributed by atoms with E-state index in [-0.39, 0.29) is 6.04 Å². The molecule has 2 saturated heterocycles. The number of hydrogen-bond acceptors (Lipinski definition) is 5. The van der Waals surface area contributed by atoms with Crippen molar-refractivity contribution < 1.29 is 8.42 Å². The third-order valence-electron chi connectivity index (χ3n) is 5.57. The van der Waals surface area contributed by atoms with Crippen molar-refractivity contribution in [3.8, 4) is 11.1 Å². The summed E-state index contributed by atoms with van der Waals surface area (Å²) in [6.07, 6.45) is 5.20. The predicted molar refractivity (Wildman–Crippen MR) is 115 cm³/mol. The van der Waals surface area contributed by atoms with Crippen LogP contribution in [0.25, 0.3) is 11.1 Å². The van der Waals surface area contributed by atoms with Crippen molar-refractivity contribution in [2.75, 3.05) is 38.6 Å². The van der Waals surface area contributed by atoms with Crippen LogP contribution in [-0.2, 0) is 10.2 Å². The molecule has 2 aliphatic rings. The van der Waals surface area contributed by atoms with Crippen LogP contribution in [-0.4, -0.2) is 60.7 Å². The lowest BCUT2D eigenvalue weighted by molar-refractivity contribution is 0.345. The number of aromatic nitrogens is 2. The molecule has 1 aromatic heterocycles. The van der Waals surface area contributed by atoms with E-state index >= 15 is 0 Å². The minimum atomic E-state index is -3.50. The summed E-state index contributed by atoms with van der Waals surface area (Å²) in [5.74, 6) is 0.572. The van der Waals surface area contributed by atoms with Crippen LogP contribution >= 0.6 is 11.6 Å². The summed E-state index contributed by atoms with van der Waals surface area (Å²) in [6.45, 7) is 1.72. The smallest absolute Gasteiger partial charge is 0.282 e. The van der Waals surface area contributed by atoms with Crippen molar-refractivity contribution in [2.24, 2.45) is 0 Å². The molecule has 4 rings (SSSR count).